The van der Waals surface area contributed by atoms with Crippen molar-refractivity contribution in [3.8, 4) is 10.7 Å². The molecule has 0 aliphatic carbocycles. The van der Waals surface area contributed by atoms with E-state index in [0.29, 0.717) is 18.7 Å². The molecular formula is C19H22FN5OS. The van der Waals surface area contributed by atoms with E-state index in [4.69, 9.17) is 0 Å². The van der Waals surface area contributed by atoms with Crippen LogP contribution in [-0.4, -0.2) is 32.7 Å². The molecule has 3 rings (SSSR count). The number of carbonyl (C=O) groups is 1. The molecule has 1 amide bonds. The van der Waals surface area contributed by atoms with Crippen molar-refractivity contribution in [3.63, 3.8) is 0 Å². The lowest BCUT2D eigenvalue weighted by molar-refractivity contribution is -0.116. The summed E-state index contributed by atoms with van der Waals surface area (Å²) in [5, 5.41) is 14.5. The smallest absolute Gasteiger partial charge is 0.225 e. The molecule has 0 aromatic carbocycles. The molecule has 0 atom stereocenters. The van der Waals surface area contributed by atoms with E-state index in [-0.39, 0.29) is 12.6 Å². The van der Waals surface area contributed by atoms with E-state index >= 15 is 0 Å². The fourth-order valence-electron chi connectivity index (χ4n) is 2.74. The molecule has 3 heterocycles. The maximum atomic E-state index is 12.1. The number of pyridine rings is 2. The summed E-state index contributed by atoms with van der Waals surface area (Å²) in [7, 11) is 0. The first-order valence-corrected chi connectivity index (χ1v) is 9.89. The minimum Gasteiger partial charge on any atom is -0.311 e. The highest BCUT2D eigenvalue weighted by Gasteiger charge is 2.09. The Kier molecular flexibility index (Phi) is 6.75. The number of hydrogen-bond acceptors (Lipinski definition) is 6. The average Bonchev–Trinajstić information content (AvgIpc) is 3.10. The molecule has 3 aromatic heterocycles. The molecule has 3 aromatic rings. The predicted molar refractivity (Wildman–Crippen MR) is 105 cm³/mol. The molecule has 8 heteroatoms. The van der Waals surface area contributed by atoms with Crippen molar-refractivity contribution < 1.29 is 9.18 Å². The van der Waals surface area contributed by atoms with E-state index in [9.17, 15) is 9.18 Å². The van der Waals surface area contributed by atoms with Gasteiger partial charge in [0.05, 0.1) is 6.67 Å². The van der Waals surface area contributed by atoms with Crippen molar-refractivity contribution >= 4 is 33.8 Å². The highest BCUT2D eigenvalue weighted by molar-refractivity contribution is 7.14. The van der Waals surface area contributed by atoms with E-state index < -0.39 is 0 Å². The fraction of sp³-hybridized carbons (Fsp3) is 0.421. The monoisotopic (exact) mass is 387 g/mol. The third-order valence-corrected chi connectivity index (χ3v) is 5.01. The van der Waals surface area contributed by atoms with Crippen molar-refractivity contribution in [2.75, 3.05) is 12.0 Å². The second-order valence-corrected chi connectivity index (χ2v) is 7.55. The van der Waals surface area contributed by atoms with Gasteiger partial charge in [-0.25, -0.2) is 4.98 Å². The van der Waals surface area contributed by atoms with Crippen molar-refractivity contribution in [2.45, 2.75) is 45.4 Å². The van der Waals surface area contributed by atoms with Gasteiger partial charge in [-0.15, -0.1) is 10.2 Å². The molecule has 0 spiro atoms. The molecule has 0 aliphatic heterocycles. The maximum Gasteiger partial charge on any atom is 0.225 e. The van der Waals surface area contributed by atoms with Gasteiger partial charge in [-0.3, -0.25) is 14.2 Å². The summed E-state index contributed by atoms with van der Waals surface area (Å²) in [6.07, 6.45) is 8.09. The highest BCUT2D eigenvalue weighted by atomic mass is 32.1. The summed E-state index contributed by atoms with van der Waals surface area (Å²) in [4.78, 5) is 20.8. The fourth-order valence-corrected chi connectivity index (χ4v) is 3.40. The molecule has 0 bridgehead atoms. The second-order valence-electron chi connectivity index (χ2n) is 6.37. The first-order valence-electron chi connectivity index (χ1n) is 9.08. The van der Waals surface area contributed by atoms with Crippen LogP contribution in [0.4, 0.5) is 10.2 Å². The van der Waals surface area contributed by atoms with Crippen LogP contribution in [0.1, 0.15) is 43.5 Å². The minimum atomic E-state index is -0.260. The van der Waals surface area contributed by atoms with Crippen molar-refractivity contribution in [3.05, 3.63) is 29.5 Å². The number of rotatable bonds is 9. The first-order chi connectivity index (χ1) is 13.2. The number of nitrogens with one attached hydrogen (secondary N) is 1. The second kappa shape index (κ2) is 9.45. The Morgan fingerprint density at radius 2 is 1.81 bits per heavy atom. The largest absolute Gasteiger partial charge is 0.311 e. The third kappa shape index (κ3) is 5.50. The van der Waals surface area contributed by atoms with Crippen LogP contribution < -0.4 is 5.32 Å². The predicted octanol–water partition coefficient (Wildman–Crippen LogP) is 4.71. The van der Waals surface area contributed by atoms with Crippen molar-refractivity contribution in [1.82, 2.24) is 20.2 Å². The highest BCUT2D eigenvalue weighted by Crippen LogP contribution is 2.25. The number of hydrogen-bond donors (Lipinski definition) is 1. The van der Waals surface area contributed by atoms with Crippen LogP contribution in [0.15, 0.2) is 24.5 Å². The van der Waals surface area contributed by atoms with Crippen LogP contribution in [0.3, 0.4) is 0 Å². The van der Waals surface area contributed by atoms with Gasteiger partial charge in [0.15, 0.2) is 5.01 Å². The van der Waals surface area contributed by atoms with Crippen LogP contribution >= 0.6 is 11.3 Å². The average molecular weight is 387 g/mol. The van der Waals surface area contributed by atoms with Gasteiger partial charge in [0.25, 0.3) is 0 Å². The topological polar surface area (TPSA) is 80.7 Å². The van der Waals surface area contributed by atoms with Gasteiger partial charge in [-0.1, -0.05) is 30.6 Å². The Bertz CT molecular complexity index is 914. The SMILES string of the molecule is Cc1nnc(-c2cc3cc(NC(=O)CCCCCCCF)ncc3cn2)s1. The van der Waals surface area contributed by atoms with E-state index in [1.54, 1.807) is 12.4 Å². The van der Waals surface area contributed by atoms with Crippen LogP contribution in [-0.2, 0) is 4.79 Å². The summed E-state index contributed by atoms with van der Waals surface area (Å²) in [6.45, 7) is 1.64. The summed E-state index contributed by atoms with van der Waals surface area (Å²) in [6, 6.07) is 3.77. The van der Waals surface area contributed by atoms with Crippen LogP contribution in [0.25, 0.3) is 21.5 Å². The summed E-state index contributed by atoms with van der Waals surface area (Å²) < 4.78 is 12.0. The van der Waals surface area contributed by atoms with E-state index in [1.807, 2.05) is 19.1 Å². The molecule has 0 saturated carbocycles. The quantitative estimate of drug-likeness (QED) is 0.538. The number of anilines is 1. The molecule has 0 radical (unpaired) electrons. The maximum absolute atomic E-state index is 12.1. The molecule has 0 aliphatic rings. The number of carbonyl (C=O) groups excluding carboxylic acids is 1. The minimum absolute atomic E-state index is 0.0543. The Balaban J connectivity index is 1.60. The van der Waals surface area contributed by atoms with Gasteiger partial charge < -0.3 is 5.32 Å². The zero-order valence-corrected chi connectivity index (χ0v) is 16.1. The number of nitrogens with zero attached hydrogens (tertiary/aromatic N) is 4. The molecule has 0 fully saturated rings. The normalized spacial score (nSPS) is 11.0. The molecule has 6 nitrogen and oxygen atoms in total. The molecule has 1 N–H and O–H groups in total. The Morgan fingerprint density at radius 3 is 2.59 bits per heavy atom. The van der Waals surface area contributed by atoms with Crippen LogP contribution in [0.2, 0.25) is 0 Å². The number of halogens is 1. The lowest BCUT2D eigenvalue weighted by Gasteiger charge is -2.06. The number of amides is 1. The zero-order chi connectivity index (χ0) is 19.1. The standard InChI is InChI=1S/C19H22FN5OS/c1-13-24-25-19(27-13)16-9-14-10-17(22-12-15(14)11-21-16)23-18(26)7-5-3-2-4-6-8-20/h9-12H,2-8H2,1H3,(H,22,23,26). The number of aryl methyl sites for hydroxylation is 1. The van der Waals surface area contributed by atoms with Crippen LogP contribution in [0, 0.1) is 6.92 Å². The van der Waals surface area contributed by atoms with Gasteiger partial charge in [0.1, 0.15) is 16.5 Å². The Labute approximate surface area is 161 Å². The third-order valence-electron chi connectivity index (χ3n) is 4.15. The van der Waals surface area contributed by atoms with E-state index in [1.165, 1.54) is 11.3 Å². The van der Waals surface area contributed by atoms with Gasteiger partial charge in [0.2, 0.25) is 5.91 Å². The van der Waals surface area contributed by atoms with Crippen molar-refractivity contribution in [1.29, 1.82) is 0 Å². The summed E-state index contributed by atoms with van der Waals surface area (Å²) in [5.74, 6) is 0.469. The van der Waals surface area contributed by atoms with Crippen LogP contribution in [0.5, 0.6) is 0 Å². The lowest BCUT2D eigenvalue weighted by Crippen LogP contribution is -2.12. The molecular weight excluding hydrogens is 365 g/mol. The number of alkyl halides is 1. The Morgan fingerprint density at radius 1 is 1.04 bits per heavy atom. The molecule has 0 unspecified atom stereocenters. The molecule has 27 heavy (non-hydrogen) atoms. The van der Waals surface area contributed by atoms with Crippen molar-refractivity contribution in [2.24, 2.45) is 0 Å². The van der Waals surface area contributed by atoms with Gasteiger partial charge in [-0.2, -0.15) is 0 Å². The number of fused-ring (bicyclic) bond motifs is 1. The van der Waals surface area contributed by atoms with Gasteiger partial charge >= 0.3 is 0 Å². The first kappa shape index (κ1) is 19.3. The van der Waals surface area contributed by atoms with E-state index in [2.05, 4.69) is 25.5 Å². The van der Waals surface area contributed by atoms with Gasteiger partial charge in [0, 0.05) is 24.2 Å². The Hall–Kier alpha value is -2.48. The number of unbranched alkanes of at least 4 members (excludes halogenated alkanes) is 4. The lowest BCUT2D eigenvalue weighted by atomic mass is 10.1. The summed E-state index contributed by atoms with van der Waals surface area (Å²) in [5.41, 5.74) is 0.754. The molecule has 0 saturated heterocycles. The zero-order valence-electron chi connectivity index (χ0n) is 15.2. The summed E-state index contributed by atoms with van der Waals surface area (Å²) >= 11 is 1.49. The van der Waals surface area contributed by atoms with Gasteiger partial charge in [-0.05, 0) is 37.3 Å². The number of aromatic nitrogens is 4. The van der Waals surface area contributed by atoms with E-state index in [0.717, 1.165) is 52.2 Å². The molecule has 142 valence electrons.